The van der Waals surface area contributed by atoms with Crippen LogP contribution in [0.2, 0.25) is 0 Å². The Morgan fingerprint density at radius 3 is 2.34 bits per heavy atom. The zero-order valence-electron chi connectivity index (χ0n) is 15.1. The first-order valence-electron chi connectivity index (χ1n) is 8.59. The van der Waals surface area contributed by atoms with Crippen LogP contribution in [0.5, 0.6) is 5.75 Å². The fourth-order valence-electron chi connectivity index (χ4n) is 2.85. The van der Waals surface area contributed by atoms with Crippen LogP contribution in [0.4, 0.5) is 13.2 Å². The first-order valence-corrected chi connectivity index (χ1v) is 8.59. The maximum Gasteiger partial charge on any atom is 0.434 e. The third-order valence-electron chi connectivity index (χ3n) is 4.50. The molecule has 4 N–H and O–H groups in total. The first-order chi connectivity index (χ1) is 13.6. The van der Waals surface area contributed by atoms with Crippen molar-refractivity contribution in [2.75, 3.05) is 6.61 Å². The van der Waals surface area contributed by atoms with Gasteiger partial charge in [0, 0.05) is 5.56 Å². The minimum atomic E-state index is -4.58. The second kappa shape index (κ2) is 8.20. The number of aliphatic hydroxyl groups is 4. The van der Waals surface area contributed by atoms with Gasteiger partial charge in [-0.2, -0.15) is 13.2 Å². The minimum Gasteiger partial charge on any atom is -0.462 e. The number of alkyl halides is 3. The van der Waals surface area contributed by atoms with E-state index in [9.17, 15) is 33.6 Å². The zero-order chi connectivity index (χ0) is 21.3. The third-order valence-corrected chi connectivity index (χ3v) is 4.50. The van der Waals surface area contributed by atoms with Gasteiger partial charge in [-0.3, -0.25) is 4.98 Å². The molecule has 0 spiro atoms. The largest absolute Gasteiger partial charge is 0.462 e. The van der Waals surface area contributed by atoms with Crippen LogP contribution in [0.25, 0.3) is 11.3 Å². The molecule has 158 valence electrons. The van der Waals surface area contributed by atoms with E-state index in [1.54, 1.807) is 13.0 Å². The second-order valence-corrected chi connectivity index (χ2v) is 6.58. The van der Waals surface area contributed by atoms with Gasteiger partial charge in [-0.15, -0.1) is 0 Å². The van der Waals surface area contributed by atoms with Crippen LogP contribution in [0.1, 0.15) is 11.3 Å². The molecule has 5 atom stereocenters. The molecule has 1 saturated heterocycles. The Morgan fingerprint density at radius 2 is 1.79 bits per heavy atom. The monoisotopic (exact) mass is 416 g/mol. The van der Waals surface area contributed by atoms with E-state index in [1.165, 1.54) is 12.1 Å². The Hall–Kier alpha value is -2.31. The van der Waals surface area contributed by atoms with E-state index >= 15 is 0 Å². The molecule has 0 saturated carbocycles. The minimum absolute atomic E-state index is 0.223. The Labute approximate surface area is 163 Å². The molecule has 1 aromatic heterocycles. The van der Waals surface area contributed by atoms with Gasteiger partial charge in [0.1, 0.15) is 30.2 Å². The summed E-state index contributed by atoms with van der Waals surface area (Å²) in [6.45, 7) is 1.07. The van der Waals surface area contributed by atoms with Gasteiger partial charge in [-0.1, -0.05) is 0 Å². The molecule has 1 aromatic carbocycles. The molecule has 0 bridgehead atoms. The second-order valence-electron chi connectivity index (χ2n) is 6.58. The summed E-state index contributed by atoms with van der Waals surface area (Å²) in [6, 6.07) is 4.62. The standard InChI is InChI=1S/C18H19F3N2O6/c1-8-4-9(10-5-23-13(6-22-10)18(19,20)21)2-3-11(8)28-17-16(27)15(26)14(25)12(7-24)29-17/h2-6,12,14-17,24-27H,7H2,1H3/t12-,14-,15+,16+,17+/m1/s1. The summed E-state index contributed by atoms with van der Waals surface area (Å²) in [5, 5.41) is 38.9. The van der Waals surface area contributed by atoms with Gasteiger partial charge in [0.05, 0.1) is 24.7 Å². The van der Waals surface area contributed by atoms with Crippen molar-refractivity contribution in [2.24, 2.45) is 0 Å². The predicted octanol–water partition coefficient (Wildman–Crippen LogP) is 0.650. The van der Waals surface area contributed by atoms with Gasteiger partial charge in [-0.25, -0.2) is 4.98 Å². The van der Waals surface area contributed by atoms with Gasteiger partial charge in [0.2, 0.25) is 6.29 Å². The van der Waals surface area contributed by atoms with Crippen molar-refractivity contribution < 1.29 is 43.1 Å². The molecule has 0 aliphatic carbocycles. The highest BCUT2D eigenvalue weighted by Gasteiger charge is 2.44. The van der Waals surface area contributed by atoms with Crippen molar-refractivity contribution in [3.63, 3.8) is 0 Å². The normalized spacial score (nSPS) is 27.7. The number of aryl methyl sites for hydroxylation is 1. The lowest BCUT2D eigenvalue weighted by Gasteiger charge is -2.39. The van der Waals surface area contributed by atoms with Gasteiger partial charge < -0.3 is 29.9 Å². The fourth-order valence-corrected chi connectivity index (χ4v) is 2.85. The Bertz CT molecular complexity index is 846. The van der Waals surface area contributed by atoms with Gasteiger partial charge in [0.15, 0.2) is 5.69 Å². The molecule has 0 radical (unpaired) electrons. The van der Waals surface area contributed by atoms with Gasteiger partial charge in [0.25, 0.3) is 0 Å². The maximum atomic E-state index is 12.6. The molecular weight excluding hydrogens is 397 g/mol. The van der Waals surface area contributed by atoms with E-state index in [4.69, 9.17) is 9.47 Å². The summed E-state index contributed by atoms with van der Waals surface area (Å²) in [4.78, 5) is 7.14. The predicted molar refractivity (Wildman–Crippen MR) is 91.6 cm³/mol. The Morgan fingerprint density at radius 1 is 1.07 bits per heavy atom. The van der Waals surface area contributed by atoms with Crippen molar-refractivity contribution in [3.05, 3.63) is 41.9 Å². The number of benzene rings is 1. The summed E-state index contributed by atoms with van der Waals surface area (Å²) in [7, 11) is 0. The molecule has 3 rings (SSSR count). The first kappa shape index (κ1) is 21.4. The average molecular weight is 416 g/mol. The van der Waals surface area contributed by atoms with Crippen molar-refractivity contribution >= 4 is 0 Å². The SMILES string of the molecule is Cc1cc(-c2cnc(C(F)(F)F)cn2)ccc1O[C@H]1O[C@H](CO)[C@@H](O)[C@H](O)[C@@H]1O. The summed E-state index contributed by atoms with van der Waals surface area (Å²) in [6.07, 6.45) is -10.0. The molecule has 8 nitrogen and oxygen atoms in total. The van der Waals surface area contributed by atoms with Crippen LogP contribution in [-0.2, 0) is 10.9 Å². The average Bonchev–Trinajstić information content (AvgIpc) is 2.69. The summed E-state index contributed by atoms with van der Waals surface area (Å²) >= 11 is 0. The summed E-state index contributed by atoms with van der Waals surface area (Å²) in [5.41, 5.74) is 0.159. The van der Waals surface area contributed by atoms with Crippen LogP contribution in [0.15, 0.2) is 30.6 Å². The zero-order valence-corrected chi connectivity index (χ0v) is 15.1. The van der Waals surface area contributed by atoms with Crippen LogP contribution in [0, 0.1) is 6.92 Å². The van der Waals surface area contributed by atoms with E-state index in [1.807, 2.05) is 0 Å². The number of nitrogens with zero attached hydrogens (tertiary/aromatic N) is 2. The van der Waals surface area contributed by atoms with Crippen molar-refractivity contribution in [1.82, 2.24) is 9.97 Å². The quantitative estimate of drug-likeness (QED) is 0.573. The molecule has 11 heteroatoms. The highest BCUT2D eigenvalue weighted by Crippen LogP contribution is 2.30. The maximum absolute atomic E-state index is 12.6. The van der Waals surface area contributed by atoms with E-state index in [0.29, 0.717) is 17.3 Å². The van der Waals surface area contributed by atoms with E-state index < -0.39 is 49.2 Å². The molecule has 1 aliphatic rings. The topological polar surface area (TPSA) is 125 Å². The van der Waals surface area contributed by atoms with E-state index in [2.05, 4.69) is 9.97 Å². The van der Waals surface area contributed by atoms with Crippen molar-refractivity contribution in [3.8, 4) is 17.0 Å². The number of halogens is 3. The highest BCUT2D eigenvalue weighted by molar-refractivity contribution is 5.61. The number of aliphatic hydroxyl groups excluding tert-OH is 4. The molecule has 1 aliphatic heterocycles. The van der Waals surface area contributed by atoms with Crippen LogP contribution >= 0.6 is 0 Å². The van der Waals surface area contributed by atoms with Gasteiger partial charge in [-0.05, 0) is 30.7 Å². The summed E-state index contributed by atoms with van der Waals surface area (Å²) < 4.78 is 48.6. The molecule has 29 heavy (non-hydrogen) atoms. The number of ether oxygens (including phenoxy) is 2. The van der Waals surface area contributed by atoms with Crippen molar-refractivity contribution in [1.29, 1.82) is 0 Å². The third kappa shape index (κ3) is 4.49. The van der Waals surface area contributed by atoms with Crippen LogP contribution in [0.3, 0.4) is 0 Å². The number of hydrogen-bond acceptors (Lipinski definition) is 8. The summed E-state index contributed by atoms with van der Waals surface area (Å²) in [5.74, 6) is 0.262. The highest BCUT2D eigenvalue weighted by atomic mass is 19.4. The molecule has 0 unspecified atom stereocenters. The smallest absolute Gasteiger partial charge is 0.434 e. The number of hydrogen-bond donors (Lipinski definition) is 4. The van der Waals surface area contributed by atoms with Crippen molar-refractivity contribution in [2.45, 2.75) is 43.8 Å². The van der Waals surface area contributed by atoms with Crippen LogP contribution < -0.4 is 4.74 Å². The van der Waals surface area contributed by atoms with Crippen LogP contribution in [-0.4, -0.2) is 67.7 Å². The van der Waals surface area contributed by atoms with E-state index in [0.717, 1.165) is 6.20 Å². The lowest BCUT2D eigenvalue weighted by atomic mass is 9.99. The number of aromatic nitrogens is 2. The van der Waals surface area contributed by atoms with E-state index in [-0.39, 0.29) is 11.4 Å². The lowest BCUT2D eigenvalue weighted by Crippen LogP contribution is -2.60. The molecular formula is C18H19F3N2O6. The number of rotatable bonds is 4. The van der Waals surface area contributed by atoms with Gasteiger partial charge >= 0.3 is 6.18 Å². The lowest BCUT2D eigenvalue weighted by molar-refractivity contribution is -0.277. The Kier molecular flexibility index (Phi) is 6.05. The Balaban J connectivity index is 1.78. The molecule has 2 aromatic rings. The molecule has 2 heterocycles. The fraction of sp³-hybridized carbons (Fsp3) is 0.444. The molecule has 0 amide bonds. The molecule has 1 fully saturated rings.